The molecule has 4 bridgehead atoms. The van der Waals surface area contributed by atoms with Crippen LogP contribution in [0.5, 0.6) is 0 Å². The van der Waals surface area contributed by atoms with Crippen LogP contribution in [0.25, 0.3) is 0 Å². The minimum atomic E-state index is -0.634. The van der Waals surface area contributed by atoms with Gasteiger partial charge in [0, 0.05) is 6.92 Å². The van der Waals surface area contributed by atoms with Crippen LogP contribution in [0.1, 0.15) is 39.0 Å². The third kappa shape index (κ3) is 2.05. The predicted octanol–water partition coefficient (Wildman–Crippen LogP) is 1.23. The lowest BCUT2D eigenvalue weighted by atomic mass is 9.50. The lowest BCUT2D eigenvalue weighted by molar-refractivity contribution is -0.150. The fraction of sp³-hybridized carbons (Fsp3) is 0.929. The highest BCUT2D eigenvalue weighted by Crippen LogP contribution is 2.57. The second-order valence-corrected chi connectivity index (χ2v) is 6.66. The second kappa shape index (κ2) is 4.49. The lowest BCUT2D eigenvalue weighted by Crippen LogP contribution is -2.58. The molecule has 0 saturated heterocycles. The van der Waals surface area contributed by atoms with Crippen molar-refractivity contribution >= 4 is 5.97 Å². The Morgan fingerprint density at radius 1 is 1.06 bits per heavy atom. The Morgan fingerprint density at radius 2 is 1.56 bits per heavy atom. The minimum Gasteiger partial charge on any atom is -0.445 e. The van der Waals surface area contributed by atoms with E-state index in [9.17, 15) is 4.79 Å². The Kier molecular flexibility index (Phi) is 3.10. The number of esters is 1. The van der Waals surface area contributed by atoms with Crippen LogP contribution in [0.15, 0.2) is 0 Å². The normalized spacial score (nSPS) is 44.7. The SMILES string of the molecule is CC(=O)OC(N)C(N)C1C2CC3CC(C2)CC1C3. The van der Waals surface area contributed by atoms with Gasteiger partial charge in [-0.15, -0.1) is 0 Å². The number of ether oxygens (including phenoxy) is 1. The molecule has 4 aliphatic rings. The van der Waals surface area contributed by atoms with Crippen molar-refractivity contribution in [2.75, 3.05) is 0 Å². The first-order valence-electron chi connectivity index (χ1n) is 7.23. The van der Waals surface area contributed by atoms with Gasteiger partial charge in [-0.05, 0) is 61.7 Å². The molecule has 4 fully saturated rings. The Morgan fingerprint density at radius 3 is 2.00 bits per heavy atom. The van der Waals surface area contributed by atoms with E-state index in [0.717, 1.165) is 23.7 Å². The summed E-state index contributed by atoms with van der Waals surface area (Å²) in [5.41, 5.74) is 12.2. The highest BCUT2D eigenvalue weighted by molar-refractivity contribution is 5.66. The fourth-order valence-electron chi connectivity index (χ4n) is 5.09. The van der Waals surface area contributed by atoms with Crippen molar-refractivity contribution in [3.8, 4) is 0 Å². The van der Waals surface area contributed by atoms with Crippen LogP contribution in [-0.2, 0) is 9.53 Å². The van der Waals surface area contributed by atoms with Crippen LogP contribution in [0, 0.1) is 29.6 Å². The molecule has 0 spiro atoms. The van der Waals surface area contributed by atoms with E-state index in [2.05, 4.69) is 0 Å². The van der Waals surface area contributed by atoms with Gasteiger partial charge in [-0.3, -0.25) is 10.5 Å². The first kappa shape index (κ1) is 12.4. The quantitative estimate of drug-likeness (QED) is 0.585. The van der Waals surface area contributed by atoms with E-state index in [1.54, 1.807) is 0 Å². The maximum absolute atomic E-state index is 11.0. The topological polar surface area (TPSA) is 78.3 Å². The Hall–Kier alpha value is -0.610. The Bertz CT molecular complexity index is 317. The molecule has 2 atom stereocenters. The number of carbonyl (C=O) groups excluding carboxylic acids is 1. The average molecular weight is 252 g/mol. The summed E-state index contributed by atoms with van der Waals surface area (Å²) in [6, 6.07) is -0.191. The molecule has 0 amide bonds. The molecule has 4 heteroatoms. The van der Waals surface area contributed by atoms with Crippen molar-refractivity contribution in [2.24, 2.45) is 41.1 Å². The standard InChI is InChI=1S/C14H24N2O2/c1-7(17)18-14(16)13(15)12-10-3-8-2-9(5-10)6-11(12)4-8/h8-14H,2-6,15-16H2,1H3. The fourth-order valence-corrected chi connectivity index (χ4v) is 5.09. The molecule has 4 N–H and O–H groups in total. The molecular formula is C14H24N2O2. The first-order chi connectivity index (χ1) is 8.54. The molecule has 4 saturated carbocycles. The second-order valence-electron chi connectivity index (χ2n) is 6.66. The summed E-state index contributed by atoms with van der Waals surface area (Å²) in [5.74, 6) is 3.44. The molecular weight excluding hydrogens is 228 g/mol. The zero-order chi connectivity index (χ0) is 12.9. The van der Waals surface area contributed by atoms with Crippen molar-refractivity contribution in [3.63, 3.8) is 0 Å². The van der Waals surface area contributed by atoms with Gasteiger partial charge in [-0.25, -0.2) is 0 Å². The largest absolute Gasteiger partial charge is 0.445 e. The summed E-state index contributed by atoms with van der Waals surface area (Å²) in [5, 5.41) is 0. The molecule has 4 rings (SSSR count). The third-order valence-corrected chi connectivity index (χ3v) is 5.43. The number of hydrogen-bond donors (Lipinski definition) is 2. The lowest BCUT2D eigenvalue weighted by Gasteiger charge is -2.56. The van der Waals surface area contributed by atoms with Crippen molar-refractivity contribution in [1.29, 1.82) is 0 Å². The third-order valence-electron chi connectivity index (χ3n) is 5.43. The van der Waals surface area contributed by atoms with Crippen LogP contribution in [-0.4, -0.2) is 18.2 Å². The molecule has 0 aliphatic heterocycles. The molecule has 0 aromatic heterocycles. The number of rotatable bonds is 3. The van der Waals surface area contributed by atoms with E-state index >= 15 is 0 Å². The van der Waals surface area contributed by atoms with Gasteiger partial charge < -0.3 is 10.5 Å². The zero-order valence-corrected chi connectivity index (χ0v) is 11.0. The van der Waals surface area contributed by atoms with Gasteiger partial charge in [-0.1, -0.05) is 0 Å². The van der Waals surface area contributed by atoms with E-state index < -0.39 is 6.23 Å². The van der Waals surface area contributed by atoms with E-state index in [4.69, 9.17) is 16.2 Å². The Balaban J connectivity index is 1.70. The average Bonchev–Trinajstić information content (AvgIpc) is 2.26. The van der Waals surface area contributed by atoms with E-state index in [1.165, 1.54) is 39.0 Å². The maximum atomic E-state index is 11.0. The van der Waals surface area contributed by atoms with Gasteiger partial charge in [-0.2, -0.15) is 0 Å². The maximum Gasteiger partial charge on any atom is 0.304 e. The highest BCUT2D eigenvalue weighted by Gasteiger charge is 2.51. The summed E-state index contributed by atoms with van der Waals surface area (Å²) >= 11 is 0. The molecule has 4 aliphatic carbocycles. The summed E-state index contributed by atoms with van der Waals surface area (Å²) < 4.78 is 5.08. The van der Waals surface area contributed by atoms with Crippen LogP contribution in [0.4, 0.5) is 0 Å². The first-order valence-corrected chi connectivity index (χ1v) is 7.23. The van der Waals surface area contributed by atoms with Gasteiger partial charge in [0.25, 0.3) is 0 Å². The van der Waals surface area contributed by atoms with Crippen LogP contribution in [0.2, 0.25) is 0 Å². The molecule has 0 radical (unpaired) electrons. The summed E-state index contributed by atoms with van der Waals surface area (Å²) in [6.45, 7) is 1.39. The van der Waals surface area contributed by atoms with E-state index in [-0.39, 0.29) is 12.0 Å². The van der Waals surface area contributed by atoms with E-state index in [1.807, 2.05) is 0 Å². The summed E-state index contributed by atoms with van der Waals surface area (Å²) in [7, 11) is 0. The smallest absolute Gasteiger partial charge is 0.304 e. The monoisotopic (exact) mass is 252 g/mol. The number of carbonyl (C=O) groups is 1. The van der Waals surface area contributed by atoms with Gasteiger partial charge in [0.15, 0.2) is 6.23 Å². The minimum absolute atomic E-state index is 0.191. The molecule has 2 unspecified atom stereocenters. The van der Waals surface area contributed by atoms with Crippen molar-refractivity contribution in [2.45, 2.75) is 51.3 Å². The van der Waals surface area contributed by atoms with Crippen LogP contribution in [0.3, 0.4) is 0 Å². The zero-order valence-electron chi connectivity index (χ0n) is 11.0. The molecule has 0 heterocycles. The molecule has 0 aromatic rings. The molecule has 18 heavy (non-hydrogen) atoms. The molecule has 102 valence electrons. The summed E-state index contributed by atoms with van der Waals surface area (Å²) in [4.78, 5) is 11.0. The van der Waals surface area contributed by atoms with Crippen LogP contribution >= 0.6 is 0 Å². The highest BCUT2D eigenvalue weighted by atomic mass is 16.6. The van der Waals surface area contributed by atoms with Crippen LogP contribution < -0.4 is 11.5 Å². The van der Waals surface area contributed by atoms with Crippen molar-refractivity contribution in [3.05, 3.63) is 0 Å². The van der Waals surface area contributed by atoms with Crippen molar-refractivity contribution in [1.82, 2.24) is 0 Å². The number of hydrogen-bond acceptors (Lipinski definition) is 4. The Labute approximate surface area is 108 Å². The predicted molar refractivity (Wildman–Crippen MR) is 68.3 cm³/mol. The molecule has 4 nitrogen and oxygen atoms in total. The summed E-state index contributed by atoms with van der Waals surface area (Å²) in [6.07, 6.45) is 6.07. The van der Waals surface area contributed by atoms with Gasteiger partial charge in [0.1, 0.15) is 0 Å². The number of nitrogens with two attached hydrogens (primary N) is 2. The van der Waals surface area contributed by atoms with Gasteiger partial charge in [0.05, 0.1) is 6.04 Å². The van der Waals surface area contributed by atoms with E-state index in [0.29, 0.717) is 5.92 Å². The molecule has 0 aromatic carbocycles. The van der Waals surface area contributed by atoms with Crippen molar-refractivity contribution < 1.29 is 9.53 Å². The van der Waals surface area contributed by atoms with Gasteiger partial charge in [0.2, 0.25) is 0 Å². The van der Waals surface area contributed by atoms with Gasteiger partial charge >= 0.3 is 5.97 Å².